The molecule has 0 amide bonds. The predicted molar refractivity (Wildman–Crippen MR) is 167 cm³/mol. The van der Waals surface area contributed by atoms with E-state index in [4.69, 9.17) is 4.74 Å². The first kappa shape index (κ1) is 30.6. The van der Waals surface area contributed by atoms with Crippen molar-refractivity contribution in [2.45, 2.75) is 51.6 Å². The molecule has 44 heavy (non-hydrogen) atoms. The largest absolute Gasteiger partial charge is 0.503 e. The quantitative estimate of drug-likeness (QED) is 0.150. The fourth-order valence-electron chi connectivity index (χ4n) is 5.41. The second-order valence-electron chi connectivity index (χ2n) is 12.0. The number of tetrazole rings is 1. The Morgan fingerprint density at radius 2 is 1.59 bits per heavy atom. The van der Waals surface area contributed by atoms with E-state index in [1.807, 2.05) is 54.6 Å². The van der Waals surface area contributed by atoms with Gasteiger partial charge in [0, 0.05) is 17.0 Å². The molecule has 0 spiro atoms. The number of phenolic OH excluding ortho intramolecular Hbond substituents is 1. The van der Waals surface area contributed by atoms with Crippen LogP contribution in [0.2, 0.25) is 0 Å². The number of halogens is 2. The van der Waals surface area contributed by atoms with Gasteiger partial charge in [0.1, 0.15) is 12.4 Å². The van der Waals surface area contributed by atoms with Crippen molar-refractivity contribution in [3.63, 3.8) is 0 Å². The molecule has 8 heteroatoms. The summed E-state index contributed by atoms with van der Waals surface area (Å²) >= 11 is 0. The summed E-state index contributed by atoms with van der Waals surface area (Å²) in [5.74, 6) is -2.60. The lowest BCUT2D eigenvalue weighted by Crippen LogP contribution is -2.16. The minimum atomic E-state index is -1.01. The standard InChI is InChI=1S/C36H36F2N4O2/c1-5-25(15-10-23-11-16-26(17-12-23)35-39-41-42-40-35)33(27-20-30(37)34(43)31(38)21-27)29-8-6-7-9-32(29)44-22-24-13-18-28(19-14-24)36(2,3)4/h5-9,11-14,16-21,25,33,43H,1,10,15,22H2,2-4H3,(H,39,40,41,42). The molecule has 1 heterocycles. The van der Waals surface area contributed by atoms with Gasteiger partial charge in [-0.15, -0.1) is 16.8 Å². The van der Waals surface area contributed by atoms with Crippen LogP contribution in [0.5, 0.6) is 11.5 Å². The highest BCUT2D eigenvalue weighted by molar-refractivity contribution is 5.54. The average molecular weight is 595 g/mol. The monoisotopic (exact) mass is 594 g/mol. The minimum absolute atomic E-state index is 0.0455. The molecule has 0 radical (unpaired) electrons. The van der Waals surface area contributed by atoms with Crippen molar-refractivity contribution >= 4 is 0 Å². The number of aromatic nitrogens is 4. The highest BCUT2D eigenvalue weighted by Crippen LogP contribution is 2.42. The summed E-state index contributed by atoms with van der Waals surface area (Å²) < 4.78 is 35.8. The molecule has 0 aliphatic rings. The number of rotatable bonds is 11. The van der Waals surface area contributed by atoms with Crippen molar-refractivity contribution in [2.75, 3.05) is 0 Å². The molecule has 0 bridgehead atoms. The average Bonchev–Trinajstić information content (AvgIpc) is 3.56. The summed E-state index contributed by atoms with van der Waals surface area (Å²) in [5, 5.41) is 23.9. The Bertz CT molecular complexity index is 1670. The number of benzene rings is 4. The molecular weight excluding hydrogens is 558 g/mol. The van der Waals surface area contributed by atoms with Gasteiger partial charge in [-0.3, -0.25) is 0 Å². The van der Waals surface area contributed by atoms with Crippen LogP contribution in [0, 0.1) is 17.6 Å². The molecule has 0 fully saturated rings. The highest BCUT2D eigenvalue weighted by Gasteiger charge is 2.28. The molecular formula is C36H36F2N4O2. The number of allylic oxidation sites excluding steroid dienone is 1. The van der Waals surface area contributed by atoms with Crippen LogP contribution in [0.3, 0.4) is 0 Å². The Morgan fingerprint density at radius 1 is 0.932 bits per heavy atom. The molecule has 0 saturated carbocycles. The van der Waals surface area contributed by atoms with Crippen LogP contribution in [0.1, 0.15) is 60.9 Å². The van der Waals surface area contributed by atoms with E-state index in [0.29, 0.717) is 36.6 Å². The number of hydrogen-bond acceptors (Lipinski definition) is 5. The number of ether oxygens (including phenoxy) is 1. The number of aryl methyl sites for hydroxylation is 1. The topological polar surface area (TPSA) is 83.9 Å². The molecule has 6 nitrogen and oxygen atoms in total. The summed E-state index contributed by atoms with van der Waals surface area (Å²) in [4.78, 5) is 0. The number of para-hydroxylation sites is 1. The van der Waals surface area contributed by atoms with Gasteiger partial charge in [-0.1, -0.05) is 93.6 Å². The molecule has 5 aromatic rings. The van der Waals surface area contributed by atoms with Crippen LogP contribution in [-0.4, -0.2) is 25.7 Å². The van der Waals surface area contributed by atoms with E-state index in [2.05, 4.69) is 72.2 Å². The van der Waals surface area contributed by atoms with Crippen LogP contribution in [0.4, 0.5) is 8.78 Å². The van der Waals surface area contributed by atoms with Crippen LogP contribution < -0.4 is 4.74 Å². The van der Waals surface area contributed by atoms with E-state index in [-0.39, 0.29) is 11.3 Å². The Kier molecular flexibility index (Phi) is 9.18. The molecule has 4 aromatic carbocycles. The van der Waals surface area contributed by atoms with Gasteiger partial charge in [-0.25, -0.2) is 8.78 Å². The summed E-state index contributed by atoms with van der Waals surface area (Å²) in [6.45, 7) is 10.9. The smallest absolute Gasteiger partial charge is 0.204 e. The van der Waals surface area contributed by atoms with Crippen molar-refractivity contribution in [2.24, 2.45) is 5.92 Å². The van der Waals surface area contributed by atoms with Crippen molar-refractivity contribution in [1.82, 2.24) is 20.6 Å². The van der Waals surface area contributed by atoms with Crippen LogP contribution in [0.25, 0.3) is 11.4 Å². The highest BCUT2D eigenvalue weighted by atomic mass is 19.1. The van der Waals surface area contributed by atoms with Gasteiger partial charge in [0.25, 0.3) is 0 Å². The summed E-state index contributed by atoms with van der Waals surface area (Å²) in [5.41, 5.74) is 5.38. The van der Waals surface area contributed by atoms with Gasteiger partial charge in [0.2, 0.25) is 5.82 Å². The first-order valence-corrected chi connectivity index (χ1v) is 14.6. The fourth-order valence-corrected chi connectivity index (χ4v) is 5.41. The molecule has 0 aliphatic carbocycles. The number of nitrogens with one attached hydrogen (secondary N) is 1. The zero-order chi connectivity index (χ0) is 31.3. The third-order valence-electron chi connectivity index (χ3n) is 7.92. The van der Waals surface area contributed by atoms with E-state index >= 15 is 0 Å². The van der Waals surface area contributed by atoms with Crippen molar-refractivity contribution in [3.8, 4) is 22.9 Å². The third kappa shape index (κ3) is 7.02. The summed E-state index contributed by atoms with van der Waals surface area (Å²) in [7, 11) is 0. The molecule has 5 rings (SSSR count). The Hall–Kier alpha value is -4.85. The lowest BCUT2D eigenvalue weighted by atomic mass is 9.77. The summed E-state index contributed by atoms with van der Waals surface area (Å²) in [6.07, 6.45) is 3.15. The van der Waals surface area contributed by atoms with Gasteiger partial charge in [-0.05, 0) is 69.8 Å². The van der Waals surface area contributed by atoms with Gasteiger partial charge >= 0.3 is 0 Å². The first-order valence-electron chi connectivity index (χ1n) is 14.6. The van der Waals surface area contributed by atoms with E-state index in [1.165, 1.54) is 17.7 Å². The van der Waals surface area contributed by atoms with Crippen molar-refractivity contribution in [3.05, 3.63) is 137 Å². The maximum atomic E-state index is 14.7. The summed E-state index contributed by atoms with van der Waals surface area (Å²) in [6, 6.07) is 26.2. The van der Waals surface area contributed by atoms with E-state index < -0.39 is 23.3 Å². The van der Waals surface area contributed by atoms with E-state index in [0.717, 1.165) is 22.3 Å². The lowest BCUT2D eigenvalue weighted by Gasteiger charge is -2.28. The number of aromatic amines is 1. The second-order valence-corrected chi connectivity index (χ2v) is 12.0. The van der Waals surface area contributed by atoms with Crippen molar-refractivity contribution in [1.29, 1.82) is 0 Å². The van der Waals surface area contributed by atoms with E-state index in [9.17, 15) is 13.9 Å². The Balaban J connectivity index is 1.43. The zero-order valence-corrected chi connectivity index (χ0v) is 25.1. The Labute approximate surface area is 256 Å². The maximum absolute atomic E-state index is 14.7. The zero-order valence-electron chi connectivity index (χ0n) is 25.1. The molecule has 2 unspecified atom stereocenters. The molecule has 0 aliphatic heterocycles. The van der Waals surface area contributed by atoms with Gasteiger partial charge in [0.05, 0.1) is 0 Å². The number of phenols is 1. The normalized spacial score (nSPS) is 12.9. The number of hydrogen-bond donors (Lipinski definition) is 2. The third-order valence-corrected chi connectivity index (χ3v) is 7.92. The van der Waals surface area contributed by atoms with E-state index in [1.54, 1.807) is 0 Å². The van der Waals surface area contributed by atoms with Gasteiger partial charge in [-0.2, -0.15) is 5.21 Å². The van der Waals surface area contributed by atoms with Gasteiger partial charge < -0.3 is 9.84 Å². The number of nitrogens with zero attached hydrogens (tertiary/aromatic N) is 3. The first-order chi connectivity index (χ1) is 21.1. The lowest BCUT2D eigenvalue weighted by molar-refractivity contribution is 0.299. The van der Waals surface area contributed by atoms with Crippen LogP contribution >= 0.6 is 0 Å². The second kappa shape index (κ2) is 13.2. The Morgan fingerprint density at radius 3 is 2.20 bits per heavy atom. The maximum Gasteiger partial charge on any atom is 0.204 e. The van der Waals surface area contributed by atoms with Gasteiger partial charge in [0.15, 0.2) is 17.4 Å². The van der Waals surface area contributed by atoms with Crippen LogP contribution in [-0.2, 0) is 18.4 Å². The van der Waals surface area contributed by atoms with Crippen molar-refractivity contribution < 1.29 is 18.6 Å². The molecule has 0 saturated heterocycles. The molecule has 2 N–H and O–H groups in total. The minimum Gasteiger partial charge on any atom is -0.503 e. The molecule has 1 aromatic heterocycles. The van der Waals surface area contributed by atoms with Crippen LogP contribution in [0.15, 0.2) is 97.6 Å². The fraction of sp³-hybridized carbons (Fsp3) is 0.250. The number of H-pyrrole nitrogens is 1. The molecule has 2 atom stereocenters. The number of aromatic hydroxyl groups is 1. The predicted octanol–water partition coefficient (Wildman–Crippen LogP) is 8.29. The SMILES string of the molecule is C=CC(CCc1ccc(-c2nn[nH]n2)cc1)C(c1cc(F)c(O)c(F)c1)c1ccccc1OCc1ccc(C(C)(C)C)cc1. The molecule has 226 valence electrons.